The highest BCUT2D eigenvalue weighted by Crippen LogP contribution is 2.25. The second-order valence-corrected chi connectivity index (χ2v) is 4.96. The number of hydrogen-bond acceptors (Lipinski definition) is 1. The molecule has 1 aromatic rings. The van der Waals surface area contributed by atoms with Gasteiger partial charge in [-0.3, -0.25) is 0 Å². The van der Waals surface area contributed by atoms with Crippen molar-refractivity contribution in [3.05, 3.63) is 29.8 Å². The van der Waals surface area contributed by atoms with Gasteiger partial charge in [0.1, 0.15) is 5.75 Å². The van der Waals surface area contributed by atoms with Crippen molar-refractivity contribution in [3.63, 3.8) is 0 Å². The number of benzene rings is 1. The van der Waals surface area contributed by atoms with Crippen LogP contribution in [0.4, 0.5) is 0 Å². The van der Waals surface area contributed by atoms with Crippen molar-refractivity contribution >= 4 is 0 Å². The molecule has 1 nitrogen and oxygen atoms in total. The summed E-state index contributed by atoms with van der Waals surface area (Å²) < 4.78 is 5.88. The van der Waals surface area contributed by atoms with E-state index < -0.39 is 0 Å². The predicted octanol–water partition coefficient (Wildman–Crippen LogP) is 5.16. The van der Waals surface area contributed by atoms with E-state index in [1.54, 1.807) is 0 Å². The molecular weight excluding hydrogens is 208 g/mol. The number of unbranched alkanes of at least 4 members (excludes halogenated alkanes) is 4. The third-order valence-electron chi connectivity index (χ3n) is 3.05. The fraction of sp³-hybridized carbons (Fsp3) is 0.625. The number of rotatable bonds is 8. The molecule has 0 aliphatic carbocycles. The maximum absolute atomic E-state index is 5.88. The fourth-order valence-corrected chi connectivity index (χ4v) is 1.98. The Morgan fingerprint density at radius 3 is 2.41 bits per heavy atom. The Balaban J connectivity index is 2.31. The molecular formula is C16H26O. The lowest BCUT2D eigenvalue weighted by Gasteiger charge is -2.13. The summed E-state index contributed by atoms with van der Waals surface area (Å²) in [6, 6.07) is 8.39. The minimum Gasteiger partial charge on any atom is -0.493 e. The highest BCUT2D eigenvalue weighted by Gasteiger charge is 2.05. The summed E-state index contributed by atoms with van der Waals surface area (Å²) in [5, 5.41) is 0. The van der Waals surface area contributed by atoms with E-state index in [1.807, 2.05) is 0 Å². The molecule has 1 aromatic carbocycles. The van der Waals surface area contributed by atoms with Crippen LogP contribution in [0.2, 0.25) is 0 Å². The molecule has 1 rings (SSSR count). The van der Waals surface area contributed by atoms with Crippen LogP contribution in [-0.4, -0.2) is 6.61 Å². The molecule has 0 aromatic heterocycles. The van der Waals surface area contributed by atoms with E-state index in [9.17, 15) is 0 Å². The molecule has 96 valence electrons. The molecule has 0 bridgehead atoms. The zero-order chi connectivity index (χ0) is 12.5. The Bertz CT molecular complexity index is 304. The molecule has 0 spiro atoms. The molecule has 0 N–H and O–H groups in total. The van der Waals surface area contributed by atoms with Gasteiger partial charge >= 0.3 is 0 Å². The van der Waals surface area contributed by atoms with Crippen LogP contribution in [0, 0.1) is 0 Å². The molecule has 1 heteroatoms. The van der Waals surface area contributed by atoms with Gasteiger partial charge in [0.15, 0.2) is 0 Å². The van der Waals surface area contributed by atoms with Crippen LogP contribution >= 0.6 is 0 Å². The first-order chi connectivity index (χ1) is 8.25. The van der Waals surface area contributed by atoms with Crippen molar-refractivity contribution in [3.8, 4) is 5.75 Å². The van der Waals surface area contributed by atoms with Crippen LogP contribution in [0.15, 0.2) is 24.3 Å². The van der Waals surface area contributed by atoms with Gasteiger partial charge in [0.25, 0.3) is 0 Å². The summed E-state index contributed by atoms with van der Waals surface area (Å²) in [6.07, 6.45) is 6.45. The van der Waals surface area contributed by atoms with E-state index >= 15 is 0 Å². The summed E-state index contributed by atoms with van der Waals surface area (Å²) >= 11 is 0. The molecule has 0 amide bonds. The van der Waals surface area contributed by atoms with Gasteiger partial charge in [-0.05, 0) is 24.0 Å². The Morgan fingerprint density at radius 2 is 1.71 bits per heavy atom. The molecule has 0 heterocycles. The lowest BCUT2D eigenvalue weighted by molar-refractivity contribution is 0.300. The van der Waals surface area contributed by atoms with Gasteiger partial charge < -0.3 is 4.74 Å². The maximum atomic E-state index is 5.88. The Labute approximate surface area is 106 Å². The number of hydrogen-bond donors (Lipinski definition) is 0. The average molecular weight is 234 g/mol. The van der Waals surface area contributed by atoms with Gasteiger partial charge in [0.2, 0.25) is 0 Å². The Morgan fingerprint density at radius 1 is 1.00 bits per heavy atom. The Hall–Kier alpha value is -0.980. The minimum absolute atomic E-state index is 0.534. The standard InChI is InChI=1S/C16H26O/c1-4-5-6-7-10-13-17-16-12-9-8-11-15(16)14(2)3/h8-9,11-12,14H,4-7,10,13H2,1-3H3. The van der Waals surface area contributed by atoms with Gasteiger partial charge in [-0.1, -0.05) is 64.7 Å². The second-order valence-electron chi connectivity index (χ2n) is 4.96. The van der Waals surface area contributed by atoms with E-state index in [-0.39, 0.29) is 0 Å². The Kier molecular flexibility index (Phi) is 6.76. The van der Waals surface area contributed by atoms with Gasteiger partial charge in [-0.15, -0.1) is 0 Å². The lowest BCUT2D eigenvalue weighted by atomic mass is 10.0. The van der Waals surface area contributed by atoms with Crippen LogP contribution < -0.4 is 4.74 Å². The van der Waals surface area contributed by atoms with Crippen molar-refractivity contribution in [2.75, 3.05) is 6.61 Å². The topological polar surface area (TPSA) is 9.23 Å². The highest BCUT2D eigenvalue weighted by atomic mass is 16.5. The fourth-order valence-electron chi connectivity index (χ4n) is 1.98. The van der Waals surface area contributed by atoms with Gasteiger partial charge in [-0.2, -0.15) is 0 Å². The smallest absolute Gasteiger partial charge is 0.122 e. The number of para-hydroxylation sites is 1. The largest absolute Gasteiger partial charge is 0.493 e. The molecule has 0 radical (unpaired) electrons. The molecule has 0 saturated heterocycles. The molecule has 0 saturated carbocycles. The van der Waals surface area contributed by atoms with Crippen molar-refractivity contribution in [1.29, 1.82) is 0 Å². The first kappa shape index (κ1) is 14.1. The third kappa shape index (κ3) is 5.25. The SMILES string of the molecule is CCCCCCCOc1ccccc1C(C)C. The van der Waals surface area contributed by atoms with E-state index in [4.69, 9.17) is 4.74 Å². The normalized spacial score (nSPS) is 10.8. The van der Waals surface area contributed by atoms with Crippen LogP contribution in [0.25, 0.3) is 0 Å². The first-order valence-corrected chi connectivity index (χ1v) is 6.97. The van der Waals surface area contributed by atoms with Crippen LogP contribution in [0.3, 0.4) is 0 Å². The summed E-state index contributed by atoms with van der Waals surface area (Å²) in [6.45, 7) is 7.52. The molecule has 17 heavy (non-hydrogen) atoms. The van der Waals surface area contributed by atoms with Crippen molar-refractivity contribution in [2.45, 2.75) is 58.8 Å². The highest BCUT2D eigenvalue weighted by molar-refractivity contribution is 5.35. The van der Waals surface area contributed by atoms with Gasteiger partial charge in [0.05, 0.1) is 6.61 Å². The summed E-state index contributed by atoms with van der Waals surface area (Å²) in [5.74, 6) is 1.60. The van der Waals surface area contributed by atoms with Crippen molar-refractivity contribution in [1.82, 2.24) is 0 Å². The summed E-state index contributed by atoms with van der Waals surface area (Å²) in [4.78, 5) is 0. The summed E-state index contributed by atoms with van der Waals surface area (Å²) in [5.41, 5.74) is 1.32. The van der Waals surface area contributed by atoms with Crippen molar-refractivity contribution < 1.29 is 4.74 Å². The van der Waals surface area contributed by atoms with Crippen molar-refractivity contribution in [2.24, 2.45) is 0 Å². The molecule has 0 unspecified atom stereocenters. The quantitative estimate of drug-likeness (QED) is 0.564. The number of ether oxygens (including phenoxy) is 1. The van der Waals surface area contributed by atoms with Crippen LogP contribution in [0.1, 0.15) is 64.4 Å². The van der Waals surface area contributed by atoms with Crippen LogP contribution in [-0.2, 0) is 0 Å². The monoisotopic (exact) mass is 234 g/mol. The van der Waals surface area contributed by atoms with E-state index in [2.05, 4.69) is 45.0 Å². The second kappa shape index (κ2) is 8.16. The van der Waals surface area contributed by atoms with Gasteiger partial charge in [-0.25, -0.2) is 0 Å². The average Bonchev–Trinajstić information content (AvgIpc) is 2.34. The molecule has 0 aliphatic heterocycles. The van der Waals surface area contributed by atoms with E-state index in [0.29, 0.717) is 5.92 Å². The third-order valence-corrected chi connectivity index (χ3v) is 3.05. The van der Waals surface area contributed by atoms with Gasteiger partial charge in [0, 0.05) is 0 Å². The van der Waals surface area contributed by atoms with E-state index in [1.165, 1.54) is 37.7 Å². The predicted molar refractivity (Wildman–Crippen MR) is 74.8 cm³/mol. The zero-order valence-electron chi connectivity index (χ0n) is 11.5. The first-order valence-electron chi connectivity index (χ1n) is 6.97. The summed E-state index contributed by atoms with van der Waals surface area (Å²) in [7, 11) is 0. The molecule has 0 atom stereocenters. The molecule has 0 aliphatic rings. The lowest BCUT2D eigenvalue weighted by Crippen LogP contribution is -2.01. The maximum Gasteiger partial charge on any atom is 0.122 e. The molecule has 0 fully saturated rings. The minimum atomic E-state index is 0.534. The zero-order valence-corrected chi connectivity index (χ0v) is 11.5. The van der Waals surface area contributed by atoms with E-state index in [0.717, 1.165) is 12.4 Å². The van der Waals surface area contributed by atoms with Crippen LogP contribution in [0.5, 0.6) is 5.75 Å².